The zero-order chi connectivity index (χ0) is 15.8. The molecule has 1 amide bonds. The second-order valence-electron chi connectivity index (χ2n) is 4.71. The molecule has 2 heterocycles. The van der Waals surface area contributed by atoms with Gasteiger partial charge in [0.15, 0.2) is 5.76 Å². The molecule has 118 valence electrons. The number of nitrogens with one attached hydrogen (secondary N) is 2. The Bertz CT molecular complexity index is 592. The Hall–Kier alpha value is -2.41. The van der Waals surface area contributed by atoms with Crippen LogP contribution in [-0.2, 0) is 16.0 Å². The van der Waals surface area contributed by atoms with Gasteiger partial charge < -0.3 is 14.5 Å². The standard InChI is InChI=1S/C15H20N4O3/c1-3-4-9-21-11(2)15(20)16-8-7-13-17-14(19-18-13)12-6-5-10-22-12/h3,5-6,10-11H,1,4,7-9H2,2H3,(H,16,20)(H,17,18,19). The Balaban J connectivity index is 1.72. The Morgan fingerprint density at radius 1 is 1.64 bits per heavy atom. The fraction of sp³-hybridized carbons (Fsp3) is 0.400. The summed E-state index contributed by atoms with van der Waals surface area (Å²) in [6.07, 6.45) is 4.13. The topological polar surface area (TPSA) is 93.0 Å². The van der Waals surface area contributed by atoms with Crippen LogP contribution in [0.25, 0.3) is 11.6 Å². The second kappa shape index (κ2) is 8.14. The summed E-state index contributed by atoms with van der Waals surface area (Å²) in [5.74, 6) is 1.66. The van der Waals surface area contributed by atoms with Gasteiger partial charge in [0.25, 0.3) is 0 Å². The first-order valence-electron chi connectivity index (χ1n) is 7.16. The minimum absolute atomic E-state index is 0.144. The third-order valence-electron chi connectivity index (χ3n) is 2.99. The normalized spacial score (nSPS) is 12.0. The number of hydrogen-bond donors (Lipinski definition) is 2. The van der Waals surface area contributed by atoms with Crippen LogP contribution in [0.1, 0.15) is 19.2 Å². The first-order valence-corrected chi connectivity index (χ1v) is 7.16. The van der Waals surface area contributed by atoms with Crippen LogP contribution < -0.4 is 5.32 Å². The van der Waals surface area contributed by atoms with E-state index < -0.39 is 6.10 Å². The summed E-state index contributed by atoms with van der Waals surface area (Å²) in [4.78, 5) is 16.1. The van der Waals surface area contributed by atoms with Crippen LogP contribution in [0.5, 0.6) is 0 Å². The highest BCUT2D eigenvalue weighted by molar-refractivity contribution is 5.80. The Morgan fingerprint density at radius 2 is 2.50 bits per heavy atom. The van der Waals surface area contributed by atoms with E-state index in [-0.39, 0.29) is 5.91 Å². The van der Waals surface area contributed by atoms with E-state index in [9.17, 15) is 4.79 Å². The predicted octanol–water partition coefficient (Wildman–Crippen LogP) is 1.70. The molecule has 0 fully saturated rings. The number of carbonyl (C=O) groups excluding carboxylic acids is 1. The number of rotatable bonds is 9. The summed E-state index contributed by atoms with van der Waals surface area (Å²) >= 11 is 0. The lowest BCUT2D eigenvalue weighted by molar-refractivity contribution is -0.131. The molecule has 0 aromatic carbocycles. The molecule has 1 unspecified atom stereocenters. The van der Waals surface area contributed by atoms with Crippen molar-refractivity contribution >= 4 is 5.91 Å². The van der Waals surface area contributed by atoms with Crippen LogP contribution >= 0.6 is 0 Å². The van der Waals surface area contributed by atoms with Crippen LogP contribution in [0.4, 0.5) is 0 Å². The predicted molar refractivity (Wildman–Crippen MR) is 81.0 cm³/mol. The molecule has 7 heteroatoms. The average molecular weight is 304 g/mol. The highest BCUT2D eigenvalue weighted by Crippen LogP contribution is 2.14. The smallest absolute Gasteiger partial charge is 0.248 e. The minimum atomic E-state index is -0.478. The van der Waals surface area contributed by atoms with E-state index in [4.69, 9.17) is 9.15 Å². The number of hydrogen-bond acceptors (Lipinski definition) is 5. The van der Waals surface area contributed by atoms with E-state index >= 15 is 0 Å². The zero-order valence-electron chi connectivity index (χ0n) is 12.5. The van der Waals surface area contributed by atoms with Crippen molar-refractivity contribution in [2.45, 2.75) is 25.9 Å². The molecule has 0 aliphatic carbocycles. The van der Waals surface area contributed by atoms with Crippen LogP contribution in [0.15, 0.2) is 35.5 Å². The van der Waals surface area contributed by atoms with Crippen molar-refractivity contribution in [2.24, 2.45) is 0 Å². The third kappa shape index (κ3) is 4.56. The maximum Gasteiger partial charge on any atom is 0.248 e. The van der Waals surface area contributed by atoms with E-state index in [0.29, 0.717) is 37.0 Å². The summed E-state index contributed by atoms with van der Waals surface area (Å²) in [7, 11) is 0. The number of aromatic nitrogens is 3. The quantitative estimate of drug-likeness (QED) is 0.543. The Morgan fingerprint density at radius 3 is 3.23 bits per heavy atom. The SMILES string of the molecule is C=CCCOC(C)C(=O)NCCc1nc(-c2ccco2)n[nH]1. The number of aromatic amines is 1. The van der Waals surface area contributed by atoms with Crippen molar-refractivity contribution in [1.29, 1.82) is 0 Å². The molecule has 2 N–H and O–H groups in total. The van der Waals surface area contributed by atoms with Gasteiger partial charge in [-0.05, 0) is 25.5 Å². The van der Waals surface area contributed by atoms with Crippen LogP contribution in [-0.4, -0.2) is 40.3 Å². The Labute approximate surface area is 128 Å². The number of amides is 1. The molecule has 1 atom stereocenters. The maximum absolute atomic E-state index is 11.8. The van der Waals surface area contributed by atoms with Gasteiger partial charge in [0, 0.05) is 13.0 Å². The summed E-state index contributed by atoms with van der Waals surface area (Å²) in [6.45, 7) is 6.28. The largest absolute Gasteiger partial charge is 0.461 e. The van der Waals surface area contributed by atoms with E-state index in [1.54, 1.807) is 31.4 Å². The van der Waals surface area contributed by atoms with Crippen LogP contribution in [0.3, 0.4) is 0 Å². The van der Waals surface area contributed by atoms with Gasteiger partial charge in [-0.3, -0.25) is 9.89 Å². The summed E-state index contributed by atoms with van der Waals surface area (Å²) in [6, 6.07) is 3.57. The monoisotopic (exact) mass is 304 g/mol. The highest BCUT2D eigenvalue weighted by Gasteiger charge is 2.13. The number of furan rings is 1. The van der Waals surface area contributed by atoms with Crippen molar-refractivity contribution in [3.05, 3.63) is 36.9 Å². The summed E-state index contributed by atoms with van der Waals surface area (Å²) < 4.78 is 10.6. The van der Waals surface area contributed by atoms with E-state index in [2.05, 4.69) is 27.1 Å². The van der Waals surface area contributed by atoms with Gasteiger partial charge in [0.1, 0.15) is 11.9 Å². The van der Waals surface area contributed by atoms with E-state index in [1.807, 2.05) is 0 Å². The molecule has 0 saturated heterocycles. The van der Waals surface area contributed by atoms with Crippen molar-refractivity contribution < 1.29 is 13.9 Å². The molecular formula is C15H20N4O3. The lowest BCUT2D eigenvalue weighted by Gasteiger charge is -2.12. The minimum Gasteiger partial charge on any atom is -0.461 e. The average Bonchev–Trinajstić information content (AvgIpc) is 3.18. The van der Waals surface area contributed by atoms with Crippen molar-refractivity contribution in [2.75, 3.05) is 13.2 Å². The molecule has 0 spiro atoms. The molecule has 0 bridgehead atoms. The molecule has 0 aliphatic heterocycles. The molecule has 2 aromatic rings. The lowest BCUT2D eigenvalue weighted by Crippen LogP contribution is -2.36. The van der Waals surface area contributed by atoms with Crippen molar-refractivity contribution in [3.63, 3.8) is 0 Å². The number of carbonyl (C=O) groups is 1. The van der Waals surface area contributed by atoms with E-state index in [1.165, 1.54) is 0 Å². The van der Waals surface area contributed by atoms with Gasteiger partial charge in [-0.2, -0.15) is 5.10 Å². The molecule has 7 nitrogen and oxygen atoms in total. The molecule has 2 rings (SSSR count). The second-order valence-corrected chi connectivity index (χ2v) is 4.71. The summed E-state index contributed by atoms with van der Waals surface area (Å²) in [5, 5.41) is 9.69. The molecule has 2 aromatic heterocycles. The number of nitrogens with zero attached hydrogens (tertiary/aromatic N) is 2. The van der Waals surface area contributed by atoms with Crippen LogP contribution in [0, 0.1) is 0 Å². The highest BCUT2D eigenvalue weighted by atomic mass is 16.5. The molecule has 0 radical (unpaired) electrons. The lowest BCUT2D eigenvalue weighted by atomic mass is 10.3. The van der Waals surface area contributed by atoms with Gasteiger partial charge in [0.05, 0.1) is 12.9 Å². The van der Waals surface area contributed by atoms with Crippen molar-refractivity contribution in [1.82, 2.24) is 20.5 Å². The molecular weight excluding hydrogens is 284 g/mol. The van der Waals surface area contributed by atoms with Gasteiger partial charge in [-0.1, -0.05) is 6.08 Å². The van der Waals surface area contributed by atoms with Crippen LogP contribution in [0.2, 0.25) is 0 Å². The Kier molecular flexibility index (Phi) is 5.91. The maximum atomic E-state index is 11.8. The molecule has 0 aliphatic rings. The molecule has 0 saturated carbocycles. The van der Waals surface area contributed by atoms with Gasteiger partial charge in [0.2, 0.25) is 11.7 Å². The fourth-order valence-corrected chi connectivity index (χ4v) is 1.77. The van der Waals surface area contributed by atoms with Crippen molar-refractivity contribution in [3.8, 4) is 11.6 Å². The number of H-pyrrole nitrogens is 1. The fourth-order valence-electron chi connectivity index (χ4n) is 1.77. The first kappa shape index (κ1) is 16.0. The summed E-state index contributed by atoms with van der Waals surface area (Å²) in [5.41, 5.74) is 0. The third-order valence-corrected chi connectivity index (χ3v) is 2.99. The van der Waals surface area contributed by atoms with E-state index in [0.717, 1.165) is 6.42 Å². The molecule has 22 heavy (non-hydrogen) atoms. The zero-order valence-corrected chi connectivity index (χ0v) is 12.5. The van der Waals surface area contributed by atoms with Gasteiger partial charge in [-0.15, -0.1) is 6.58 Å². The van der Waals surface area contributed by atoms with Gasteiger partial charge >= 0.3 is 0 Å². The van der Waals surface area contributed by atoms with Gasteiger partial charge in [-0.25, -0.2) is 4.98 Å². The number of ether oxygens (including phenoxy) is 1. The first-order chi connectivity index (χ1) is 10.7.